The van der Waals surface area contributed by atoms with Crippen LogP contribution in [0.15, 0.2) is 6.07 Å². The van der Waals surface area contributed by atoms with Crippen LogP contribution in [-0.2, 0) is 9.84 Å². The molecule has 2 rings (SSSR count). The highest BCUT2D eigenvalue weighted by Crippen LogP contribution is 2.37. The molecule has 19 heavy (non-hydrogen) atoms. The molecule has 4 N–H and O–H groups in total. The van der Waals surface area contributed by atoms with Crippen molar-refractivity contribution in [3.63, 3.8) is 0 Å². The van der Waals surface area contributed by atoms with E-state index >= 15 is 0 Å². The van der Waals surface area contributed by atoms with Crippen LogP contribution in [0.25, 0.3) is 0 Å². The zero-order valence-corrected chi connectivity index (χ0v) is 11.9. The number of nitrogens with zero attached hydrogens (tertiary/aromatic N) is 1. The third-order valence-corrected chi connectivity index (χ3v) is 5.38. The van der Waals surface area contributed by atoms with Gasteiger partial charge in [0.15, 0.2) is 15.7 Å². The van der Waals surface area contributed by atoms with Crippen molar-refractivity contribution in [3.05, 3.63) is 16.9 Å². The molecule has 0 saturated carbocycles. The van der Waals surface area contributed by atoms with Crippen molar-refractivity contribution >= 4 is 38.5 Å². The average Bonchev–Trinajstić information content (AvgIpc) is 2.28. The minimum atomic E-state index is -3.08. The Morgan fingerprint density at radius 3 is 2.63 bits per heavy atom. The van der Waals surface area contributed by atoms with Gasteiger partial charge < -0.3 is 16.4 Å². The molecule has 1 unspecified atom stereocenters. The second-order valence-corrected chi connectivity index (χ2v) is 7.30. The molecule has 1 atom stereocenters. The van der Waals surface area contributed by atoms with Crippen molar-refractivity contribution in [2.45, 2.75) is 13.0 Å². The molecule has 0 amide bonds. The zero-order chi connectivity index (χ0) is 14.4. The van der Waals surface area contributed by atoms with Crippen LogP contribution in [0, 0.1) is 5.82 Å². The Morgan fingerprint density at radius 2 is 2.05 bits per heavy atom. The van der Waals surface area contributed by atoms with Gasteiger partial charge in [0.05, 0.1) is 28.6 Å². The molecule has 1 fully saturated rings. The molecule has 106 valence electrons. The molecule has 0 aromatic heterocycles. The van der Waals surface area contributed by atoms with Crippen LogP contribution in [0.1, 0.15) is 6.92 Å². The SMILES string of the molecule is CC1CS(=O)(=O)CCN1c1c(N)cc(N)c(Cl)c1F. The lowest BCUT2D eigenvalue weighted by Gasteiger charge is -2.36. The molecule has 1 aliphatic rings. The molecule has 1 saturated heterocycles. The first kappa shape index (κ1) is 14.2. The van der Waals surface area contributed by atoms with Gasteiger partial charge in [-0.3, -0.25) is 0 Å². The Balaban J connectivity index is 2.46. The number of nitrogen functional groups attached to an aromatic ring is 2. The maximum Gasteiger partial charge on any atom is 0.169 e. The van der Waals surface area contributed by atoms with Crippen molar-refractivity contribution in [3.8, 4) is 0 Å². The van der Waals surface area contributed by atoms with Gasteiger partial charge in [-0.15, -0.1) is 0 Å². The molecule has 0 spiro atoms. The number of hydrogen-bond donors (Lipinski definition) is 2. The summed E-state index contributed by atoms with van der Waals surface area (Å²) in [7, 11) is -3.08. The normalized spacial score (nSPS) is 22.5. The molecule has 1 heterocycles. The predicted octanol–water partition coefficient (Wildman–Crippen LogP) is 1.27. The second-order valence-electron chi connectivity index (χ2n) is 4.69. The summed E-state index contributed by atoms with van der Waals surface area (Å²) < 4.78 is 37.3. The molecule has 1 aromatic rings. The summed E-state index contributed by atoms with van der Waals surface area (Å²) in [6, 6.07) is 1.02. The number of nitrogens with two attached hydrogens (primary N) is 2. The lowest BCUT2D eigenvalue weighted by atomic mass is 10.1. The quantitative estimate of drug-likeness (QED) is 0.763. The largest absolute Gasteiger partial charge is 0.397 e. The first-order chi connectivity index (χ1) is 8.73. The van der Waals surface area contributed by atoms with Crippen LogP contribution in [0.4, 0.5) is 21.5 Å². The summed E-state index contributed by atoms with van der Waals surface area (Å²) in [4.78, 5) is 1.62. The number of anilines is 3. The van der Waals surface area contributed by atoms with Crippen molar-refractivity contribution in [1.82, 2.24) is 0 Å². The monoisotopic (exact) mass is 307 g/mol. The van der Waals surface area contributed by atoms with E-state index in [1.54, 1.807) is 11.8 Å². The second kappa shape index (κ2) is 4.72. The summed E-state index contributed by atoms with van der Waals surface area (Å²) in [6.07, 6.45) is 0. The standard InChI is InChI=1S/C11H15ClFN3O2S/c1-6-5-19(17,18)3-2-16(6)11-8(15)4-7(14)9(12)10(11)13/h4,6H,2-3,5,14-15H2,1H3. The summed E-state index contributed by atoms with van der Waals surface area (Å²) >= 11 is 5.78. The van der Waals surface area contributed by atoms with Crippen LogP contribution in [0.2, 0.25) is 5.02 Å². The Bertz CT molecular complexity index is 621. The minimum absolute atomic E-state index is 0.0295. The highest BCUT2D eigenvalue weighted by Gasteiger charge is 2.31. The first-order valence-corrected chi connectivity index (χ1v) is 7.93. The van der Waals surface area contributed by atoms with Crippen molar-refractivity contribution in [2.24, 2.45) is 0 Å². The zero-order valence-electron chi connectivity index (χ0n) is 10.4. The molecule has 0 bridgehead atoms. The van der Waals surface area contributed by atoms with E-state index < -0.39 is 15.7 Å². The van der Waals surface area contributed by atoms with Gasteiger partial charge in [0.1, 0.15) is 5.02 Å². The summed E-state index contributed by atoms with van der Waals surface area (Å²) in [5.74, 6) is -0.767. The van der Waals surface area contributed by atoms with Gasteiger partial charge in [0.25, 0.3) is 0 Å². The van der Waals surface area contributed by atoms with E-state index in [1.807, 2.05) is 0 Å². The fourth-order valence-electron chi connectivity index (χ4n) is 2.28. The van der Waals surface area contributed by atoms with Gasteiger partial charge in [-0.25, -0.2) is 12.8 Å². The summed E-state index contributed by atoms with van der Waals surface area (Å²) in [6.45, 7) is 1.89. The summed E-state index contributed by atoms with van der Waals surface area (Å²) in [5.41, 5.74) is 11.7. The van der Waals surface area contributed by atoms with Crippen LogP contribution < -0.4 is 16.4 Å². The van der Waals surface area contributed by atoms with E-state index in [9.17, 15) is 12.8 Å². The highest BCUT2D eigenvalue weighted by atomic mass is 35.5. The maximum absolute atomic E-state index is 14.2. The average molecular weight is 308 g/mol. The fourth-order valence-corrected chi connectivity index (χ4v) is 3.98. The van der Waals surface area contributed by atoms with Crippen LogP contribution in [-0.4, -0.2) is 32.5 Å². The molecule has 1 aliphatic heterocycles. The van der Waals surface area contributed by atoms with Gasteiger partial charge in [0, 0.05) is 12.6 Å². The van der Waals surface area contributed by atoms with Crippen LogP contribution >= 0.6 is 11.6 Å². The topological polar surface area (TPSA) is 89.4 Å². The van der Waals surface area contributed by atoms with E-state index in [2.05, 4.69) is 0 Å². The third kappa shape index (κ3) is 2.57. The van der Waals surface area contributed by atoms with Crippen molar-refractivity contribution < 1.29 is 12.8 Å². The number of benzene rings is 1. The molecular weight excluding hydrogens is 293 g/mol. The molecule has 5 nitrogen and oxygen atoms in total. The van der Waals surface area contributed by atoms with Crippen molar-refractivity contribution in [2.75, 3.05) is 34.4 Å². The van der Waals surface area contributed by atoms with Crippen LogP contribution in [0.3, 0.4) is 0 Å². The van der Waals surface area contributed by atoms with Gasteiger partial charge in [-0.1, -0.05) is 11.6 Å². The van der Waals surface area contributed by atoms with E-state index in [0.717, 1.165) is 0 Å². The Morgan fingerprint density at radius 1 is 1.42 bits per heavy atom. The number of halogens is 2. The van der Waals surface area contributed by atoms with Gasteiger partial charge in [-0.05, 0) is 13.0 Å². The first-order valence-electron chi connectivity index (χ1n) is 5.73. The predicted molar refractivity (Wildman–Crippen MR) is 75.7 cm³/mol. The van der Waals surface area contributed by atoms with E-state index in [-0.39, 0.29) is 46.2 Å². The fraction of sp³-hybridized carbons (Fsp3) is 0.455. The number of hydrogen-bond acceptors (Lipinski definition) is 5. The Hall–Kier alpha value is -1.21. The van der Waals surface area contributed by atoms with Gasteiger partial charge in [-0.2, -0.15) is 0 Å². The molecular formula is C11H15ClFN3O2S. The Kier molecular flexibility index (Phi) is 3.53. The molecule has 8 heteroatoms. The maximum atomic E-state index is 14.2. The van der Waals surface area contributed by atoms with Gasteiger partial charge >= 0.3 is 0 Å². The number of sulfone groups is 1. The van der Waals surface area contributed by atoms with Crippen LogP contribution in [0.5, 0.6) is 0 Å². The van der Waals surface area contributed by atoms with Gasteiger partial charge in [0.2, 0.25) is 0 Å². The van der Waals surface area contributed by atoms with E-state index in [1.165, 1.54) is 6.07 Å². The van der Waals surface area contributed by atoms with E-state index in [4.69, 9.17) is 23.1 Å². The number of rotatable bonds is 1. The van der Waals surface area contributed by atoms with Crippen molar-refractivity contribution in [1.29, 1.82) is 0 Å². The minimum Gasteiger partial charge on any atom is -0.397 e. The molecule has 0 aliphatic carbocycles. The summed E-state index contributed by atoms with van der Waals surface area (Å²) in [5, 5.41) is -0.190. The third-order valence-electron chi connectivity index (χ3n) is 3.20. The lowest BCUT2D eigenvalue weighted by molar-refractivity contribution is 0.559. The molecule has 0 radical (unpaired) electrons. The lowest BCUT2D eigenvalue weighted by Crippen LogP contribution is -2.47. The molecule has 1 aromatic carbocycles. The highest BCUT2D eigenvalue weighted by molar-refractivity contribution is 7.91. The smallest absolute Gasteiger partial charge is 0.169 e. The van der Waals surface area contributed by atoms with E-state index in [0.29, 0.717) is 0 Å². The Labute approximate surface area is 116 Å².